The molecule has 0 radical (unpaired) electrons. The number of hydrogen-bond donors (Lipinski definition) is 4. The first-order chi connectivity index (χ1) is 33.2. The lowest BCUT2D eigenvalue weighted by atomic mass is 10.1. The van der Waals surface area contributed by atoms with Gasteiger partial charge in [-0.15, -0.1) is 0 Å². The molecular weight excluding hydrogens is 896 g/mol. The van der Waals surface area contributed by atoms with Crippen LogP contribution >= 0.6 is 23.2 Å². The molecule has 2 fully saturated rings. The molecule has 5 aromatic carbocycles. The molecule has 14 nitrogen and oxygen atoms in total. The van der Waals surface area contributed by atoms with Gasteiger partial charge in [0, 0.05) is 36.3 Å². The second kappa shape index (κ2) is 18.7. The van der Waals surface area contributed by atoms with Crippen LogP contribution in [0, 0.1) is 22.7 Å². The number of anilines is 2. The van der Waals surface area contributed by atoms with Crippen LogP contribution in [0.3, 0.4) is 0 Å². The van der Waals surface area contributed by atoms with Gasteiger partial charge in [0.2, 0.25) is 0 Å². The van der Waals surface area contributed by atoms with Gasteiger partial charge in [-0.25, -0.2) is 19.9 Å². The Morgan fingerprint density at radius 2 is 1.13 bits per heavy atom. The Hall–Kier alpha value is -8.04. The fourth-order valence-corrected chi connectivity index (χ4v) is 8.51. The summed E-state index contributed by atoms with van der Waals surface area (Å²) >= 11 is 13.1. The summed E-state index contributed by atoms with van der Waals surface area (Å²) in [5.41, 5.74) is 10.8. The number of nitrogens with one attached hydrogen (secondary N) is 4. The van der Waals surface area contributed by atoms with E-state index < -0.39 is 0 Å². The highest BCUT2D eigenvalue weighted by Crippen LogP contribution is 2.34. The van der Waals surface area contributed by atoms with Crippen LogP contribution in [-0.4, -0.2) is 59.2 Å². The van der Waals surface area contributed by atoms with Crippen LogP contribution < -0.4 is 21.3 Å². The molecular formula is C52H42Cl2N12O2. The van der Waals surface area contributed by atoms with E-state index in [4.69, 9.17) is 33.2 Å². The normalized spacial score (nSPS) is 13.1. The van der Waals surface area contributed by atoms with Crippen LogP contribution in [-0.2, 0) is 6.54 Å². The molecule has 4 aromatic heterocycles. The number of aromatic nitrogens is 6. The minimum Gasteiger partial charge on any atom is -0.367 e. The maximum absolute atomic E-state index is 12.5. The van der Waals surface area contributed by atoms with E-state index in [-0.39, 0.29) is 23.9 Å². The lowest BCUT2D eigenvalue weighted by Gasteiger charge is -2.12. The zero-order valence-corrected chi connectivity index (χ0v) is 38.2. The summed E-state index contributed by atoms with van der Waals surface area (Å²) < 4.78 is 4.02. The first kappa shape index (κ1) is 43.8. The van der Waals surface area contributed by atoms with E-state index in [9.17, 15) is 20.1 Å². The van der Waals surface area contributed by atoms with Crippen molar-refractivity contribution in [2.24, 2.45) is 0 Å². The molecule has 0 unspecified atom stereocenters. The first-order valence-electron chi connectivity index (χ1n) is 22.4. The second-order valence-electron chi connectivity index (χ2n) is 16.8. The van der Waals surface area contributed by atoms with E-state index in [1.165, 1.54) is 0 Å². The SMILES string of the molecule is CCCNc1nc2cc(C#N)ccc2n2c(-c3ccc(C(=O)NC4CC4)c(Cl)c3)cnc12.N#Cc1ccc2c(c1)nc(NCc1ccccc1)c1ncc(-c3ccc(C(=O)NC4CC4)c(Cl)c3)n12. The van der Waals surface area contributed by atoms with Gasteiger partial charge in [0.1, 0.15) is 0 Å². The van der Waals surface area contributed by atoms with E-state index in [1.54, 1.807) is 60.9 Å². The van der Waals surface area contributed by atoms with Gasteiger partial charge in [0.05, 0.1) is 90.3 Å². The summed E-state index contributed by atoms with van der Waals surface area (Å²) in [5.74, 6) is 0.969. The first-order valence-corrected chi connectivity index (χ1v) is 23.1. The fourth-order valence-electron chi connectivity index (χ4n) is 7.98. The summed E-state index contributed by atoms with van der Waals surface area (Å²) in [6.45, 7) is 3.41. The van der Waals surface area contributed by atoms with Gasteiger partial charge < -0.3 is 21.3 Å². The van der Waals surface area contributed by atoms with Crippen LogP contribution in [0.2, 0.25) is 10.0 Å². The summed E-state index contributed by atoms with van der Waals surface area (Å²) in [6, 6.07) is 36.6. The number of imidazole rings is 2. The van der Waals surface area contributed by atoms with Gasteiger partial charge in [-0.1, -0.05) is 72.6 Å². The smallest absolute Gasteiger partial charge is 0.253 e. The number of amides is 2. The van der Waals surface area contributed by atoms with Crippen LogP contribution in [0.4, 0.5) is 11.6 Å². The molecule has 4 heterocycles. The maximum atomic E-state index is 12.5. The molecule has 2 aliphatic rings. The number of hydrogen-bond acceptors (Lipinski definition) is 10. The second-order valence-corrected chi connectivity index (χ2v) is 17.6. The largest absolute Gasteiger partial charge is 0.367 e. The molecule has 0 bridgehead atoms. The third kappa shape index (κ3) is 8.95. The Bertz CT molecular complexity index is 3530. The molecule has 0 spiro atoms. The van der Waals surface area contributed by atoms with Gasteiger partial charge in [-0.3, -0.25) is 18.4 Å². The average molecular weight is 938 g/mol. The van der Waals surface area contributed by atoms with Crippen molar-refractivity contribution in [3.63, 3.8) is 0 Å². The third-order valence-electron chi connectivity index (χ3n) is 11.8. The van der Waals surface area contributed by atoms with Crippen molar-refractivity contribution >= 4 is 80.0 Å². The molecule has 0 atom stereocenters. The molecule has 0 saturated heterocycles. The predicted octanol–water partition coefficient (Wildman–Crippen LogP) is 10.4. The molecule has 4 N–H and O–H groups in total. The van der Waals surface area contributed by atoms with Crippen LogP contribution in [0.25, 0.3) is 55.9 Å². The van der Waals surface area contributed by atoms with Crippen molar-refractivity contribution < 1.29 is 9.59 Å². The van der Waals surface area contributed by atoms with E-state index in [0.717, 1.165) is 77.8 Å². The number of fused-ring (bicyclic) bond motifs is 6. The molecule has 0 aliphatic heterocycles. The fraction of sp³-hybridized carbons (Fsp3) is 0.192. The molecule has 16 heteroatoms. The average Bonchev–Trinajstić information content (AvgIpc) is 4.27. The van der Waals surface area contributed by atoms with Crippen molar-refractivity contribution in [1.82, 2.24) is 39.4 Å². The van der Waals surface area contributed by atoms with Crippen molar-refractivity contribution in [3.8, 4) is 34.7 Å². The Balaban J connectivity index is 0.000000160. The van der Waals surface area contributed by atoms with Gasteiger partial charge in [-0.05, 0) is 98.3 Å². The quantitative estimate of drug-likeness (QED) is 0.0917. The van der Waals surface area contributed by atoms with Crippen LogP contribution in [0.5, 0.6) is 0 Å². The summed E-state index contributed by atoms with van der Waals surface area (Å²) in [6.07, 6.45) is 8.56. The standard InChI is InChI=1S/C28H21ClN6O.C24H21ClN6O/c29-22-13-19(7-10-21(22)28(36)33-20-8-9-20)25-16-32-27-26(31-15-17-4-2-1-3-5-17)34-23-12-18(14-30)6-11-24(23)35(25)27;1-2-9-27-22-23-28-13-21(31(23)20-8-3-14(12-26)10-19(20)30-22)15-4-7-17(18(25)11-15)24(32)29-16-5-6-16/h1-7,10-13,16,20H,8-9,15H2,(H,31,34)(H,33,36);3-4,7-8,10-11,13,16H,2,5-6,9H2,1H3,(H,27,30)(H,29,32). The number of carbonyl (C=O) groups is 2. The number of halogens is 2. The monoisotopic (exact) mass is 936 g/mol. The van der Waals surface area contributed by atoms with Crippen molar-refractivity contribution in [2.75, 3.05) is 17.2 Å². The van der Waals surface area contributed by atoms with Crippen molar-refractivity contribution in [2.45, 2.75) is 57.7 Å². The van der Waals surface area contributed by atoms with Gasteiger partial charge in [-0.2, -0.15) is 10.5 Å². The molecule has 2 saturated carbocycles. The Kier molecular flexibility index (Phi) is 12.0. The van der Waals surface area contributed by atoms with E-state index >= 15 is 0 Å². The van der Waals surface area contributed by atoms with E-state index in [2.05, 4.69) is 50.3 Å². The Morgan fingerprint density at radius 3 is 1.57 bits per heavy atom. The lowest BCUT2D eigenvalue weighted by Crippen LogP contribution is -2.25. The zero-order chi connectivity index (χ0) is 46.9. The van der Waals surface area contributed by atoms with Gasteiger partial charge in [0.25, 0.3) is 11.8 Å². The molecule has 2 amide bonds. The number of carbonyl (C=O) groups excluding carboxylic acids is 2. The summed E-state index contributed by atoms with van der Waals surface area (Å²) in [5, 5.41) is 32.2. The zero-order valence-electron chi connectivity index (χ0n) is 36.7. The number of nitriles is 2. The number of nitrogens with zero attached hydrogens (tertiary/aromatic N) is 8. The van der Waals surface area contributed by atoms with Crippen molar-refractivity contribution in [1.29, 1.82) is 10.5 Å². The molecule has 2 aliphatic carbocycles. The number of rotatable bonds is 12. The maximum Gasteiger partial charge on any atom is 0.253 e. The highest BCUT2D eigenvalue weighted by atomic mass is 35.5. The van der Waals surface area contributed by atoms with Crippen LogP contribution in [0.15, 0.2) is 116 Å². The topological polar surface area (TPSA) is 190 Å². The van der Waals surface area contributed by atoms with Crippen molar-refractivity contribution in [3.05, 3.63) is 153 Å². The van der Waals surface area contributed by atoms with Gasteiger partial charge in [0.15, 0.2) is 22.9 Å². The number of benzene rings is 5. The Labute approximate surface area is 400 Å². The summed E-state index contributed by atoms with van der Waals surface area (Å²) in [7, 11) is 0. The molecule has 11 rings (SSSR count). The minimum absolute atomic E-state index is 0.146. The highest BCUT2D eigenvalue weighted by molar-refractivity contribution is 6.34. The highest BCUT2D eigenvalue weighted by Gasteiger charge is 2.27. The molecule has 68 heavy (non-hydrogen) atoms. The summed E-state index contributed by atoms with van der Waals surface area (Å²) in [4.78, 5) is 43.8. The van der Waals surface area contributed by atoms with Gasteiger partial charge >= 0.3 is 0 Å². The minimum atomic E-state index is -0.154. The lowest BCUT2D eigenvalue weighted by molar-refractivity contribution is 0.0942. The molecule has 336 valence electrons. The third-order valence-corrected chi connectivity index (χ3v) is 12.4. The van der Waals surface area contributed by atoms with E-state index in [0.29, 0.717) is 72.8 Å². The Morgan fingerprint density at radius 1 is 0.647 bits per heavy atom. The van der Waals surface area contributed by atoms with Crippen LogP contribution in [0.1, 0.15) is 76.4 Å². The molecule has 9 aromatic rings. The predicted molar refractivity (Wildman–Crippen MR) is 265 cm³/mol. The van der Waals surface area contributed by atoms with E-state index in [1.807, 2.05) is 63.4 Å².